The van der Waals surface area contributed by atoms with Gasteiger partial charge >= 0.3 is 0 Å². The Morgan fingerprint density at radius 3 is 2.90 bits per heavy atom. The van der Waals surface area contributed by atoms with E-state index in [-0.39, 0.29) is 29.7 Å². The van der Waals surface area contributed by atoms with Gasteiger partial charge in [-0.2, -0.15) is 0 Å². The van der Waals surface area contributed by atoms with E-state index in [9.17, 15) is 4.79 Å². The number of nitrogens with one attached hydrogen (secondary N) is 1. The van der Waals surface area contributed by atoms with Crippen molar-refractivity contribution in [2.24, 2.45) is 0 Å². The van der Waals surface area contributed by atoms with Crippen molar-refractivity contribution in [3.63, 3.8) is 0 Å². The normalized spacial score (nSPS) is 22.2. The van der Waals surface area contributed by atoms with E-state index >= 15 is 0 Å². The SMILES string of the molecule is COC1CCCC1NC(=O)c1nc(C(C)C)ncc1N. The number of anilines is 1. The third-order valence-corrected chi connectivity index (χ3v) is 3.64. The number of methoxy groups -OCH3 is 1. The van der Waals surface area contributed by atoms with Crippen molar-refractivity contribution in [2.45, 2.75) is 51.2 Å². The Kier molecular flexibility index (Phi) is 4.54. The molecule has 6 heteroatoms. The molecule has 110 valence electrons. The van der Waals surface area contributed by atoms with Crippen molar-refractivity contribution >= 4 is 11.6 Å². The molecule has 2 rings (SSSR count). The molecule has 1 amide bonds. The second-order valence-electron chi connectivity index (χ2n) is 5.47. The van der Waals surface area contributed by atoms with Gasteiger partial charge in [-0.25, -0.2) is 9.97 Å². The number of rotatable bonds is 4. The number of ether oxygens (including phenoxy) is 1. The van der Waals surface area contributed by atoms with Gasteiger partial charge in [0.1, 0.15) is 5.82 Å². The molecule has 0 bridgehead atoms. The topological polar surface area (TPSA) is 90.1 Å². The highest BCUT2D eigenvalue weighted by atomic mass is 16.5. The minimum absolute atomic E-state index is 0.0318. The van der Waals surface area contributed by atoms with Crippen molar-refractivity contribution in [1.29, 1.82) is 0 Å². The Morgan fingerprint density at radius 1 is 1.50 bits per heavy atom. The maximum absolute atomic E-state index is 12.3. The van der Waals surface area contributed by atoms with Crippen LogP contribution in [0.25, 0.3) is 0 Å². The summed E-state index contributed by atoms with van der Waals surface area (Å²) in [7, 11) is 1.67. The van der Waals surface area contributed by atoms with Crippen LogP contribution in [-0.2, 0) is 4.74 Å². The third kappa shape index (κ3) is 3.07. The van der Waals surface area contributed by atoms with E-state index in [4.69, 9.17) is 10.5 Å². The van der Waals surface area contributed by atoms with Gasteiger partial charge in [-0.05, 0) is 19.3 Å². The maximum atomic E-state index is 12.3. The Hall–Kier alpha value is -1.69. The van der Waals surface area contributed by atoms with E-state index in [0.29, 0.717) is 11.5 Å². The predicted octanol–water partition coefficient (Wildman–Crippen LogP) is 1.48. The Morgan fingerprint density at radius 2 is 2.25 bits per heavy atom. The number of nitrogens with zero attached hydrogens (tertiary/aromatic N) is 2. The summed E-state index contributed by atoms with van der Waals surface area (Å²) in [6.07, 6.45) is 4.52. The van der Waals surface area contributed by atoms with Crippen LogP contribution in [0.15, 0.2) is 6.20 Å². The van der Waals surface area contributed by atoms with Gasteiger partial charge < -0.3 is 15.8 Å². The summed E-state index contributed by atoms with van der Waals surface area (Å²) in [6, 6.07) is 0.0318. The van der Waals surface area contributed by atoms with Crippen LogP contribution in [0.5, 0.6) is 0 Å². The number of aromatic nitrogens is 2. The standard InChI is InChI=1S/C14H22N4O2/c1-8(2)13-16-7-9(15)12(18-13)14(19)17-10-5-4-6-11(10)20-3/h7-8,10-11H,4-6,15H2,1-3H3,(H,17,19). The highest BCUT2D eigenvalue weighted by molar-refractivity contribution is 5.97. The van der Waals surface area contributed by atoms with Gasteiger partial charge in [-0.1, -0.05) is 13.8 Å². The van der Waals surface area contributed by atoms with Crippen LogP contribution in [-0.4, -0.2) is 35.1 Å². The van der Waals surface area contributed by atoms with Gasteiger partial charge in [0.25, 0.3) is 5.91 Å². The highest BCUT2D eigenvalue weighted by Crippen LogP contribution is 2.22. The zero-order valence-electron chi connectivity index (χ0n) is 12.2. The third-order valence-electron chi connectivity index (χ3n) is 3.64. The molecule has 2 unspecified atom stereocenters. The lowest BCUT2D eigenvalue weighted by Gasteiger charge is -2.20. The molecule has 1 aromatic heterocycles. The van der Waals surface area contributed by atoms with Gasteiger partial charge in [0.2, 0.25) is 0 Å². The van der Waals surface area contributed by atoms with Crippen LogP contribution >= 0.6 is 0 Å². The average molecular weight is 278 g/mol. The monoisotopic (exact) mass is 278 g/mol. The number of hydrogen-bond acceptors (Lipinski definition) is 5. The van der Waals surface area contributed by atoms with Crippen molar-refractivity contribution < 1.29 is 9.53 Å². The number of carbonyl (C=O) groups is 1. The molecule has 1 heterocycles. The van der Waals surface area contributed by atoms with Gasteiger partial charge in [0.05, 0.1) is 24.0 Å². The molecular formula is C14H22N4O2. The summed E-state index contributed by atoms with van der Waals surface area (Å²) in [5, 5.41) is 2.97. The van der Waals surface area contributed by atoms with Crippen molar-refractivity contribution in [2.75, 3.05) is 12.8 Å². The lowest BCUT2D eigenvalue weighted by Crippen LogP contribution is -2.41. The first-order valence-electron chi connectivity index (χ1n) is 6.99. The molecule has 0 saturated heterocycles. The largest absolute Gasteiger partial charge is 0.396 e. The molecule has 0 radical (unpaired) electrons. The summed E-state index contributed by atoms with van der Waals surface area (Å²) >= 11 is 0. The number of nitrogens with two attached hydrogens (primary N) is 1. The zero-order valence-corrected chi connectivity index (χ0v) is 12.2. The van der Waals surface area contributed by atoms with Crippen LogP contribution in [0.1, 0.15) is 55.3 Å². The van der Waals surface area contributed by atoms with Crippen LogP contribution in [0, 0.1) is 0 Å². The summed E-state index contributed by atoms with van der Waals surface area (Å²) in [5.74, 6) is 0.528. The molecule has 0 aromatic carbocycles. The van der Waals surface area contributed by atoms with Crippen LogP contribution in [0.4, 0.5) is 5.69 Å². The molecule has 1 aliphatic carbocycles. The van der Waals surface area contributed by atoms with Gasteiger partial charge in [0, 0.05) is 13.0 Å². The number of amides is 1. The highest BCUT2D eigenvalue weighted by Gasteiger charge is 2.29. The summed E-state index contributed by atoms with van der Waals surface area (Å²) in [6.45, 7) is 3.95. The average Bonchev–Trinajstić information content (AvgIpc) is 2.86. The van der Waals surface area contributed by atoms with E-state index in [0.717, 1.165) is 19.3 Å². The van der Waals surface area contributed by atoms with Gasteiger partial charge in [-0.15, -0.1) is 0 Å². The molecule has 20 heavy (non-hydrogen) atoms. The quantitative estimate of drug-likeness (QED) is 0.870. The molecule has 6 nitrogen and oxygen atoms in total. The summed E-state index contributed by atoms with van der Waals surface area (Å²) in [4.78, 5) is 20.7. The second-order valence-corrected chi connectivity index (χ2v) is 5.47. The minimum Gasteiger partial charge on any atom is -0.396 e. The summed E-state index contributed by atoms with van der Waals surface area (Å²) < 4.78 is 5.37. The molecule has 1 saturated carbocycles. The molecule has 0 aliphatic heterocycles. The molecule has 3 N–H and O–H groups in total. The van der Waals surface area contributed by atoms with Gasteiger partial charge in [0.15, 0.2) is 5.69 Å². The Balaban J connectivity index is 2.14. The van der Waals surface area contributed by atoms with E-state index in [1.807, 2.05) is 13.8 Å². The minimum atomic E-state index is -0.249. The fourth-order valence-electron chi connectivity index (χ4n) is 2.47. The van der Waals surface area contributed by atoms with Gasteiger partial charge in [-0.3, -0.25) is 4.79 Å². The molecule has 1 aliphatic rings. The zero-order chi connectivity index (χ0) is 14.7. The summed E-state index contributed by atoms with van der Waals surface area (Å²) in [5.41, 5.74) is 6.37. The predicted molar refractivity (Wildman–Crippen MR) is 76.4 cm³/mol. The number of nitrogen functional groups attached to an aromatic ring is 1. The smallest absolute Gasteiger partial charge is 0.272 e. The van der Waals surface area contributed by atoms with E-state index in [2.05, 4.69) is 15.3 Å². The lowest BCUT2D eigenvalue weighted by molar-refractivity contribution is 0.0719. The molecule has 2 atom stereocenters. The number of carbonyl (C=O) groups excluding carboxylic acids is 1. The van der Waals surface area contributed by atoms with Crippen molar-refractivity contribution in [3.8, 4) is 0 Å². The fourth-order valence-corrected chi connectivity index (χ4v) is 2.47. The van der Waals surface area contributed by atoms with Crippen LogP contribution in [0.3, 0.4) is 0 Å². The van der Waals surface area contributed by atoms with E-state index in [1.165, 1.54) is 6.20 Å². The molecule has 1 aromatic rings. The first kappa shape index (κ1) is 14.7. The molecule has 0 spiro atoms. The molecule has 1 fully saturated rings. The van der Waals surface area contributed by atoms with Crippen LogP contribution < -0.4 is 11.1 Å². The number of hydrogen-bond donors (Lipinski definition) is 2. The lowest BCUT2D eigenvalue weighted by atomic mass is 10.2. The Labute approximate surface area is 119 Å². The van der Waals surface area contributed by atoms with Crippen molar-refractivity contribution in [1.82, 2.24) is 15.3 Å². The fraction of sp³-hybridized carbons (Fsp3) is 0.643. The van der Waals surface area contributed by atoms with E-state index in [1.54, 1.807) is 7.11 Å². The molecular weight excluding hydrogens is 256 g/mol. The first-order chi connectivity index (χ1) is 9.52. The second kappa shape index (κ2) is 6.17. The van der Waals surface area contributed by atoms with Crippen molar-refractivity contribution in [3.05, 3.63) is 17.7 Å². The first-order valence-corrected chi connectivity index (χ1v) is 6.99. The van der Waals surface area contributed by atoms with Crippen LogP contribution in [0.2, 0.25) is 0 Å². The maximum Gasteiger partial charge on any atom is 0.272 e. The Bertz CT molecular complexity index is 490. The van der Waals surface area contributed by atoms with E-state index < -0.39 is 0 Å².